The maximum atomic E-state index is 13.1. The molecule has 0 N–H and O–H groups in total. The van der Waals surface area contributed by atoms with Crippen LogP contribution in [0.2, 0.25) is 5.02 Å². The number of carbonyl (C=O) groups excluding carboxylic acids is 1. The predicted octanol–water partition coefficient (Wildman–Crippen LogP) is 4.08. The second-order valence-electron chi connectivity index (χ2n) is 6.43. The van der Waals surface area contributed by atoms with Crippen LogP contribution >= 0.6 is 11.6 Å². The third-order valence-electron chi connectivity index (χ3n) is 4.27. The fourth-order valence-corrected chi connectivity index (χ4v) is 3.19. The van der Waals surface area contributed by atoms with Gasteiger partial charge in [-0.3, -0.25) is 4.79 Å². The monoisotopic (exact) mass is 396 g/mol. The maximum absolute atomic E-state index is 13.1. The van der Waals surface area contributed by atoms with E-state index in [2.05, 4.69) is 5.16 Å². The number of hydrogen-bond donors (Lipinski definition) is 0. The highest BCUT2D eigenvalue weighted by Gasteiger charge is 2.25. The minimum atomic E-state index is -0.442. The summed E-state index contributed by atoms with van der Waals surface area (Å²) in [5.74, 6) is 0.0740. The summed E-state index contributed by atoms with van der Waals surface area (Å²) >= 11 is 5.92. The van der Waals surface area contributed by atoms with Crippen molar-refractivity contribution in [3.63, 3.8) is 0 Å². The van der Waals surface area contributed by atoms with Crippen molar-refractivity contribution in [2.24, 2.45) is 0 Å². The fourth-order valence-electron chi connectivity index (χ4n) is 2.96. The van der Waals surface area contributed by atoms with Gasteiger partial charge in [-0.25, -0.2) is 4.39 Å². The van der Waals surface area contributed by atoms with Crippen molar-refractivity contribution in [1.29, 1.82) is 0 Å². The van der Waals surface area contributed by atoms with Crippen molar-refractivity contribution in [3.8, 4) is 5.75 Å². The number of nitrogens with zero attached hydrogens (tertiary/aromatic N) is 2. The highest BCUT2D eigenvalue weighted by atomic mass is 35.5. The van der Waals surface area contributed by atoms with Crippen LogP contribution in [0, 0.1) is 5.82 Å². The first-order valence-corrected chi connectivity index (χ1v) is 9.39. The van der Waals surface area contributed by atoms with Crippen LogP contribution < -0.4 is 4.74 Å². The molecule has 3 rings (SSSR count). The molecule has 0 spiro atoms. The summed E-state index contributed by atoms with van der Waals surface area (Å²) in [5, 5.41) is 4.03. The first-order valence-electron chi connectivity index (χ1n) is 9.01. The quantitative estimate of drug-likeness (QED) is 0.672. The van der Waals surface area contributed by atoms with Gasteiger partial charge < -0.3 is 18.9 Å². The Balaban J connectivity index is 1.61. The molecule has 146 valence electrons. The first-order chi connectivity index (χ1) is 13.1. The van der Waals surface area contributed by atoms with Crippen molar-refractivity contribution >= 4 is 17.5 Å². The van der Waals surface area contributed by atoms with E-state index in [9.17, 15) is 9.18 Å². The average molecular weight is 397 g/mol. The molecule has 0 saturated carbocycles. The smallest absolute Gasteiger partial charge is 0.276 e. The Labute approximate surface area is 162 Å². The van der Waals surface area contributed by atoms with Gasteiger partial charge in [-0.1, -0.05) is 23.7 Å². The molecule has 1 amide bonds. The molecular formula is C19H22ClFN2O4. The molecule has 1 aliphatic heterocycles. The van der Waals surface area contributed by atoms with E-state index < -0.39 is 5.82 Å². The lowest BCUT2D eigenvalue weighted by Crippen LogP contribution is -2.38. The van der Waals surface area contributed by atoms with E-state index in [0.717, 1.165) is 25.9 Å². The van der Waals surface area contributed by atoms with Crippen LogP contribution in [0.25, 0.3) is 0 Å². The largest absolute Gasteiger partial charge is 0.484 e. The van der Waals surface area contributed by atoms with E-state index in [1.165, 1.54) is 18.2 Å². The molecule has 1 fully saturated rings. The summed E-state index contributed by atoms with van der Waals surface area (Å²) in [5.41, 5.74) is 0.227. The van der Waals surface area contributed by atoms with Crippen LogP contribution in [0.4, 0.5) is 4.39 Å². The number of amides is 1. The molecule has 2 heterocycles. The number of carbonyl (C=O) groups is 1. The Kier molecular flexibility index (Phi) is 6.68. The lowest BCUT2D eigenvalue weighted by Gasteiger charge is -2.24. The first kappa shape index (κ1) is 19.6. The average Bonchev–Trinajstić information content (AvgIpc) is 3.32. The van der Waals surface area contributed by atoms with Gasteiger partial charge in [0.1, 0.15) is 18.2 Å². The van der Waals surface area contributed by atoms with Crippen molar-refractivity contribution in [1.82, 2.24) is 10.1 Å². The second kappa shape index (κ2) is 9.19. The SMILES string of the molecule is CCCN(C[C@@H]1CCCO1)C(=O)c1cc(COc2ccc(F)cc2Cl)on1. The second-order valence-corrected chi connectivity index (χ2v) is 6.84. The minimum absolute atomic E-state index is 0.0329. The Bertz CT molecular complexity index is 777. The zero-order chi connectivity index (χ0) is 19.2. The van der Waals surface area contributed by atoms with Crippen LogP contribution in [-0.4, -0.2) is 41.8 Å². The van der Waals surface area contributed by atoms with Crippen LogP contribution in [-0.2, 0) is 11.3 Å². The van der Waals surface area contributed by atoms with Gasteiger partial charge in [0.15, 0.2) is 11.5 Å². The standard InChI is InChI=1S/C19H22ClFN2O4/c1-2-7-23(11-14-4-3-8-25-14)19(24)17-10-15(27-22-17)12-26-18-6-5-13(21)9-16(18)20/h5-6,9-10,14H,2-4,7-8,11-12H2,1H3/t14-/m0/s1. The molecule has 0 unspecified atom stereocenters. The van der Waals surface area contributed by atoms with Crippen molar-refractivity contribution < 1.29 is 23.2 Å². The van der Waals surface area contributed by atoms with Crippen molar-refractivity contribution in [3.05, 3.63) is 46.6 Å². The zero-order valence-electron chi connectivity index (χ0n) is 15.1. The summed E-state index contributed by atoms with van der Waals surface area (Å²) in [6.45, 7) is 3.98. The summed E-state index contributed by atoms with van der Waals surface area (Å²) < 4.78 is 29.4. The third-order valence-corrected chi connectivity index (χ3v) is 4.57. The van der Waals surface area contributed by atoms with E-state index in [1.54, 1.807) is 11.0 Å². The Hall–Kier alpha value is -2.12. The summed E-state index contributed by atoms with van der Waals surface area (Å²) in [7, 11) is 0. The van der Waals surface area contributed by atoms with Gasteiger partial charge in [-0.15, -0.1) is 0 Å². The molecule has 0 bridgehead atoms. The van der Waals surface area contributed by atoms with Crippen LogP contribution in [0.1, 0.15) is 42.4 Å². The molecule has 1 aromatic heterocycles. The van der Waals surface area contributed by atoms with Gasteiger partial charge >= 0.3 is 0 Å². The van der Waals surface area contributed by atoms with E-state index in [-0.39, 0.29) is 29.3 Å². The molecule has 2 aromatic rings. The number of aromatic nitrogens is 1. The Morgan fingerprint density at radius 3 is 3.00 bits per heavy atom. The number of rotatable bonds is 8. The van der Waals surface area contributed by atoms with E-state index in [1.807, 2.05) is 6.92 Å². The highest BCUT2D eigenvalue weighted by Crippen LogP contribution is 2.26. The van der Waals surface area contributed by atoms with Gasteiger partial charge in [-0.2, -0.15) is 0 Å². The number of hydrogen-bond acceptors (Lipinski definition) is 5. The number of halogens is 2. The Morgan fingerprint density at radius 1 is 1.44 bits per heavy atom. The van der Waals surface area contributed by atoms with Crippen LogP contribution in [0.5, 0.6) is 5.75 Å². The molecular weight excluding hydrogens is 375 g/mol. The summed E-state index contributed by atoms with van der Waals surface area (Å²) in [6.07, 6.45) is 2.91. The molecule has 27 heavy (non-hydrogen) atoms. The minimum Gasteiger partial charge on any atom is -0.484 e. The number of benzene rings is 1. The zero-order valence-corrected chi connectivity index (χ0v) is 15.9. The van der Waals surface area contributed by atoms with Crippen molar-refractivity contribution in [2.45, 2.75) is 38.9 Å². The third kappa shape index (κ3) is 5.20. The van der Waals surface area contributed by atoms with Crippen LogP contribution in [0.3, 0.4) is 0 Å². The topological polar surface area (TPSA) is 64.8 Å². The lowest BCUT2D eigenvalue weighted by atomic mass is 10.2. The molecule has 1 saturated heterocycles. The molecule has 0 aliphatic carbocycles. The van der Waals surface area contributed by atoms with Gasteiger partial charge in [0.2, 0.25) is 0 Å². The summed E-state index contributed by atoms with van der Waals surface area (Å²) in [6, 6.07) is 5.41. The van der Waals surface area contributed by atoms with E-state index in [0.29, 0.717) is 24.6 Å². The fraction of sp³-hybridized carbons (Fsp3) is 0.474. The predicted molar refractivity (Wildman–Crippen MR) is 97.4 cm³/mol. The molecule has 6 nitrogen and oxygen atoms in total. The number of ether oxygens (including phenoxy) is 2. The van der Waals surface area contributed by atoms with E-state index in [4.69, 9.17) is 25.6 Å². The normalized spacial score (nSPS) is 16.5. The van der Waals surface area contributed by atoms with Gasteiger partial charge in [0.05, 0.1) is 11.1 Å². The highest BCUT2D eigenvalue weighted by molar-refractivity contribution is 6.32. The van der Waals surface area contributed by atoms with Gasteiger partial charge in [-0.05, 0) is 37.5 Å². The van der Waals surface area contributed by atoms with Crippen LogP contribution in [0.15, 0.2) is 28.8 Å². The molecule has 1 aromatic carbocycles. The molecule has 1 aliphatic rings. The summed E-state index contributed by atoms with van der Waals surface area (Å²) in [4.78, 5) is 14.5. The molecule has 1 atom stereocenters. The van der Waals surface area contributed by atoms with Gasteiger partial charge in [0.25, 0.3) is 5.91 Å². The Morgan fingerprint density at radius 2 is 2.30 bits per heavy atom. The lowest BCUT2D eigenvalue weighted by molar-refractivity contribution is 0.0518. The maximum Gasteiger partial charge on any atom is 0.276 e. The van der Waals surface area contributed by atoms with Gasteiger partial charge in [0, 0.05) is 25.8 Å². The van der Waals surface area contributed by atoms with Crippen molar-refractivity contribution in [2.75, 3.05) is 19.7 Å². The molecule has 0 radical (unpaired) electrons. The van der Waals surface area contributed by atoms with E-state index >= 15 is 0 Å². The molecule has 8 heteroatoms.